The summed E-state index contributed by atoms with van der Waals surface area (Å²) in [6.07, 6.45) is 4.15. The van der Waals surface area contributed by atoms with Crippen LogP contribution < -0.4 is 10.5 Å². The van der Waals surface area contributed by atoms with Gasteiger partial charge in [0.25, 0.3) is 0 Å². The first-order valence-electron chi connectivity index (χ1n) is 7.08. The summed E-state index contributed by atoms with van der Waals surface area (Å²) in [4.78, 5) is 5.58. The molecular weight excluding hydrogens is 322 g/mol. The van der Waals surface area contributed by atoms with Crippen LogP contribution in [-0.2, 0) is 11.3 Å². The number of rotatable bonds is 5. The van der Waals surface area contributed by atoms with Gasteiger partial charge in [-0.1, -0.05) is 24.1 Å². The Kier molecular flexibility index (Phi) is 5.72. The molecule has 0 aliphatic heterocycles. The van der Waals surface area contributed by atoms with E-state index in [-0.39, 0.29) is 17.9 Å². The van der Waals surface area contributed by atoms with Crippen LogP contribution in [0.4, 0.5) is 0 Å². The quantitative estimate of drug-likeness (QED) is 0.839. The lowest BCUT2D eigenvalue weighted by Gasteiger charge is -2.17. The second kappa shape index (κ2) is 7.35. The van der Waals surface area contributed by atoms with Crippen LogP contribution in [0.5, 0.6) is 5.75 Å². The fourth-order valence-corrected chi connectivity index (χ4v) is 3.36. The molecule has 1 heterocycles. The molecule has 5 nitrogen and oxygen atoms in total. The van der Waals surface area contributed by atoms with Gasteiger partial charge in [0.1, 0.15) is 5.75 Å². The molecule has 0 unspecified atom stereocenters. The molecule has 1 aromatic carbocycles. The predicted octanol–water partition coefficient (Wildman–Crippen LogP) is 3.52. The molecule has 0 spiro atoms. The number of ether oxygens (including phenoxy) is 1. The van der Waals surface area contributed by atoms with Crippen LogP contribution in [0.3, 0.4) is 0 Å². The van der Waals surface area contributed by atoms with E-state index in [1.165, 1.54) is 0 Å². The standard InChI is InChI=1S/C15H19N3O2S.ClH/c1-19-11-5-4-6-12(9-11)21-10-13-17-14(18-20-13)15(16)7-2-3-8-15;/h4-6,9H,2-3,7-8,10,16H2,1H3;1H. The molecule has 1 fully saturated rings. The van der Waals surface area contributed by atoms with Crippen molar-refractivity contribution in [1.82, 2.24) is 10.1 Å². The first kappa shape index (κ1) is 17.1. The monoisotopic (exact) mass is 341 g/mol. The van der Waals surface area contributed by atoms with E-state index in [2.05, 4.69) is 10.1 Å². The van der Waals surface area contributed by atoms with Crippen molar-refractivity contribution >= 4 is 24.2 Å². The zero-order chi connectivity index (χ0) is 14.7. The van der Waals surface area contributed by atoms with Crippen molar-refractivity contribution in [2.24, 2.45) is 5.73 Å². The van der Waals surface area contributed by atoms with Crippen LogP contribution in [0.2, 0.25) is 0 Å². The Morgan fingerprint density at radius 3 is 2.86 bits per heavy atom. The normalized spacial score (nSPS) is 16.3. The molecule has 0 saturated heterocycles. The highest BCUT2D eigenvalue weighted by Gasteiger charge is 2.35. The van der Waals surface area contributed by atoms with Crippen LogP contribution in [0, 0.1) is 0 Å². The highest BCUT2D eigenvalue weighted by molar-refractivity contribution is 7.98. The maximum atomic E-state index is 6.33. The Labute approximate surface area is 140 Å². The lowest BCUT2D eigenvalue weighted by Crippen LogP contribution is -2.34. The fourth-order valence-electron chi connectivity index (χ4n) is 2.58. The maximum absolute atomic E-state index is 6.33. The Morgan fingerprint density at radius 2 is 2.14 bits per heavy atom. The van der Waals surface area contributed by atoms with Crippen LogP contribution in [0.1, 0.15) is 37.4 Å². The van der Waals surface area contributed by atoms with Gasteiger partial charge in [0.2, 0.25) is 5.89 Å². The van der Waals surface area contributed by atoms with Crippen molar-refractivity contribution < 1.29 is 9.26 Å². The Bertz CT molecular complexity index is 614. The number of aromatic nitrogens is 2. The number of hydrogen-bond donors (Lipinski definition) is 1. The summed E-state index contributed by atoms with van der Waals surface area (Å²) in [6.45, 7) is 0. The summed E-state index contributed by atoms with van der Waals surface area (Å²) in [5, 5.41) is 4.07. The van der Waals surface area contributed by atoms with Crippen molar-refractivity contribution in [3.63, 3.8) is 0 Å². The largest absolute Gasteiger partial charge is 0.497 e. The van der Waals surface area contributed by atoms with E-state index in [0.717, 1.165) is 36.3 Å². The molecule has 0 bridgehead atoms. The minimum absolute atomic E-state index is 0. The van der Waals surface area contributed by atoms with Gasteiger partial charge in [0.15, 0.2) is 5.82 Å². The van der Waals surface area contributed by atoms with Gasteiger partial charge < -0.3 is 15.0 Å². The van der Waals surface area contributed by atoms with Gasteiger partial charge in [0.05, 0.1) is 18.4 Å². The average molecular weight is 342 g/mol. The summed E-state index contributed by atoms with van der Waals surface area (Å²) in [6, 6.07) is 7.91. The molecule has 7 heteroatoms. The van der Waals surface area contributed by atoms with Gasteiger partial charge in [-0.2, -0.15) is 4.98 Å². The van der Waals surface area contributed by atoms with Crippen LogP contribution in [0.25, 0.3) is 0 Å². The Balaban J connectivity index is 0.00000176. The number of benzene rings is 1. The first-order chi connectivity index (χ1) is 10.2. The minimum atomic E-state index is -0.387. The molecule has 1 saturated carbocycles. The number of methoxy groups -OCH3 is 1. The summed E-state index contributed by atoms with van der Waals surface area (Å²) < 4.78 is 10.5. The minimum Gasteiger partial charge on any atom is -0.497 e. The number of thioether (sulfide) groups is 1. The topological polar surface area (TPSA) is 74.2 Å². The van der Waals surface area contributed by atoms with E-state index in [9.17, 15) is 0 Å². The molecule has 22 heavy (non-hydrogen) atoms. The molecule has 120 valence electrons. The number of nitrogens with two attached hydrogens (primary N) is 1. The molecule has 0 radical (unpaired) electrons. The van der Waals surface area contributed by atoms with Gasteiger partial charge in [-0.15, -0.1) is 24.2 Å². The summed E-state index contributed by atoms with van der Waals surface area (Å²) in [5.74, 6) is 2.75. The average Bonchev–Trinajstić information content (AvgIpc) is 3.15. The summed E-state index contributed by atoms with van der Waals surface area (Å²) >= 11 is 1.64. The predicted molar refractivity (Wildman–Crippen MR) is 88.4 cm³/mol. The van der Waals surface area contributed by atoms with E-state index < -0.39 is 0 Å². The van der Waals surface area contributed by atoms with E-state index in [1.54, 1.807) is 18.9 Å². The molecule has 1 aliphatic rings. The number of halogens is 1. The van der Waals surface area contributed by atoms with Crippen LogP contribution in [0.15, 0.2) is 33.7 Å². The summed E-state index contributed by atoms with van der Waals surface area (Å²) in [5.41, 5.74) is 5.94. The number of nitrogens with zero attached hydrogens (tertiary/aromatic N) is 2. The highest BCUT2D eigenvalue weighted by atomic mass is 35.5. The van der Waals surface area contributed by atoms with Gasteiger partial charge in [-0.3, -0.25) is 0 Å². The molecular formula is C15H20ClN3O2S. The summed E-state index contributed by atoms with van der Waals surface area (Å²) in [7, 11) is 1.66. The molecule has 0 amide bonds. The zero-order valence-corrected chi connectivity index (χ0v) is 14.1. The van der Waals surface area contributed by atoms with Gasteiger partial charge in [0, 0.05) is 4.90 Å². The Hall–Kier alpha value is -1.24. The second-order valence-electron chi connectivity index (χ2n) is 5.34. The number of hydrogen-bond acceptors (Lipinski definition) is 6. The second-order valence-corrected chi connectivity index (χ2v) is 6.39. The fraction of sp³-hybridized carbons (Fsp3) is 0.467. The SMILES string of the molecule is COc1cccc(SCc2nc(C3(N)CCCC3)no2)c1.Cl. The lowest BCUT2D eigenvalue weighted by atomic mass is 9.99. The molecule has 1 aromatic heterocycles. The van der Waals surface area contributed by atoms with Crippen molar-refractivity contribution in [3.05, 3.63) is 36.0 Å². The third-order valence-electron chi connectivity index (χ3n) is 3.81. The zero-order valence-electron chi connectivity index (χ0n) is 12.4. The lowest BCUT2D eigenvalue weighted by molar-refractivity contribution is 0.355. The van der Waals surface area contributed by atoms with E-state index >= 15 is 0 Å². The maximum Gasteiger partial charge on any atom is 0.237 e. The van der Waals surface area contributed by atoms with Crippen molar-refractivity contribution in [2.45, 2.75) is 41.9 Å². The first-order valence-corrected chi connectivity index (χ1v) is 8.07. The highest BCUT2D eigenvalue weighted by Crippen LogP contribution is 2.35. The van der Waals surface area contributed by atoms with Gasteiger partial charge >= 0.3 is 0 Å². The third-order valence-corrected chi connectivity index (χ3v) is 4.79. The van der Waals surface area contributed by atoms with Crippen LogP contribution >= 0.6 is 24.2 Å². The smallest absolute Gasteiger partial charge is 0.237 e. The van der Waals surface area contributed by atoms with Gasteiger partial charge in [-0.05, 0) is 31.0 Å². The molecule has 2 N–H and O–H groups in total. The van der Waals surface area contributed by atoms with Gasteiger partial charge in [-0.25, -0.2) is 0 Å². The van der Waals surface area contributed by atoms with E-state index in [1.807, 2.05) is 24.3 Å². The van der Waals surface area contributed by atoms with Crippen molar-refractivity contribution in [3.8, 4) is 5.75 Å². The molecule has 0 atom stereocenters. The van der Waals surface area contributed by atoms with E-state index in [4.69, 9.17) is 15.0 Å². The van der Waals surface area contributed by atoms with Crippen molar-refractivity contribution in [1.29, 1.82) is 0 Å². The van der Waals surface area contributed by atoms with Crippen LogP contribution in [-0.4, -0.2) is 17.3 Å². The Morgan fingerprint density at radius 1 is 1.36 bits per heavy atom. The van der Waals surface area contributed by atoms with Crippen molar-refractivity contribution in [2.75, 3.05) is 7.11 Å². The third kappa shape index (κ3) is 3.74. The molecule has 2 aromatic rings. The van der Waals surface area contributed by atoms with E-state index in [0.29, 0.717) is 17.5 Å². The molecule has 3 rings (SSSR count). The molecule has 1 aliphatic carbocycles.